The number of hydrogen-bond acceptors (Lipinski definition) is 4. The van der Waals surface area contributed by atoms with Gasteiger partial charge in [-0.05, 0) is 24.3 Å². The highest BCUT2D eigenvalue weighted by Crippen LogP contribution is 2.15. The molecule has 0 aromatic heterocycles. The number of rotatable bonds is 5. The molecule has 0 bridgehead atoms. The summed E-state index contributed by atoms with van der Waals surface area (Å²) in [6.45, 7) is 0.136. The minimum absolute atomic E-state index is 0.136. The lowest BCUT2D eigenvalue weighted by Crippen LogP contribution is -2.21. The van der Waals surface area contributed by atoms with E-state index in [-0.39, 0.29) is 11.6 Å². The normalized spacial score (nSPS) is 10.8. The Kier molecular flexibility index (Phi) is 4.05. The molecule has 6 nitrogen and oxygen atoms in total. The molecule has 16 heavy (non-hydrogen) atoms. The van der Waals surface area contributed by atoms with Crippen LogP contribution in [-0.2, 0) is 10.2 Å². The standard InChI is InChI=1S/C8H11N3O3S2/c9-8(15)5-14-7-3-1-6(2-4-7)11-16(10,12)13/h1-4,11H,5H2,(H2,9,15)(H2,10,12,13). The van der Waals surface area contributed by atoms with Gasteiger partial charge in [-0.3, -0.25) is 4.72 Å². The minimum Gasteiger partial charge on any atom is -0.487 e. The maximum atomic E-state index is 10.7. The Hall–Kier alpha value is -1.38. The maximum absolute atomic E-state index is 10.7. The van der Waals surface area contributed by atoms with Crippen LogP contribution in [0.25, 0.3) is 0 Å². The molecule has 88 valence electrons. The first-order valence-electron chi connectivity index (χ1n) is 4.18. The van der Waals surface area contributed by atoms with E-state index in [9.17, 15) is 8.42 Å². The van der Waals surface area contributed by atoms with Crippen LogP contribution >= 0.6 is 12.2 Å². The third kappa shape index (κ3) is 4.91. The van der Waals surface area contributed by atoms with E-state index in [1.165, 1.54) is 12.1 Å². The van der Waals surface area contributed by atoms with E-state index >= 15 is 0 Å². The van der Waals surface area contributed by atoms with E-state index in [0.29, 0.717) is 11.4 Å². The molecule has 0 aliphatic rings. The number of thiocarbonyl (C=S) groups is 1. The van der Waals surface area contributed by atoms with Crippen molar-refractivity contribution in [3.63, 3.8) is 0 Å². The van der Waals surface area contributed by atoms with Crippen LogP contribution in [0.2, 0.25) is 0 Å². The smallest absolute Gasteiger partial charge is 0.296 e. The molecule has 5 N–H and O–H groups in total. The Morgan fingerprint density at radius 3 is 2.38 bits per heavy atom. The van der Waals surface area contributed by atoms with Crippen LogP contribution in [0.1, 0.15) is 0 Å². The second-order valence-corrected chi connectivity index (χ2v) is 4.74. The van der Waals surface area contributed by atoms with Crippen molar-refractivity contribution < 1.29 is 13.2 Å². The summed E-state index contributed by atoms with van der Waals surface area (Å²) in [6.07, 6.45) is 0. The van der Waals surface area contributed by atoms with Gasteiger partial charge in [0.05, 0.1) is 0 Å². The molecule has 0 spiro atoms. The molecule has 1 rings (SSSR count). The van der Waals surface area contributed by atoms with Crippen molar-refractivity contribution in [3.8, 4) is 5.75 Å². The second kappa shape index (κ2) is 5.10. The van der Waals surface area contributed by atoms with Crippen molar-refractivity contribution in [1.82, 2.24) is 0 Å². The number of anilines is 1. The van der Waals surface area contributed by atoms with Crippen LogP contribution in [0.5, 0.6) is 5.75 Å². The lowest BCUT2D eigenvalue weighted by atomic mass is 10.3. The van der Waals surface area contributed by atoms with E-state index in [2.05, 4.69) is 16.9 Å². The molecule has 0 aliphatic carbocycles. The van der Waals surface area contributed by atoms with Crippen molar-refractivity contribution in [2.45, 2.75) is 0 Å². The molecule has 0 amide bonds. The van der Waals surface area contributed by atoms with Crippen LogP contribution in [0.15, 0.2) is 24.3 Å². The van der Waals surface area contributed by atoms with Crippen LogP contribution in [0.4, 0.5) is 5.69 Å². The number of nitrogens with two attached hydrogens (primary N) is 2. The van der Waals surface area contributed by atoms with Gasteiger partial charge < -0.3 is 10.5 Å². The molecule has 0 heterocycles. The molecule has 1 aromatic rings. The first-order chi connectivity index (χ1) is 7.37. The largest absolute Gasteiger partial charge is 0.487 e. The highest BCUT2D eigenvalue weighted by Gasteiger charge is 2.02. The SMILES string of the molecule is NC(=S)COc1ccc(NS(N)(=O)=O)cc1. The average molecular weight is 261 g/mol. The van der Waals surface area contributed by atoms with Gasteiger partial charge in [-0.15, -0.1) is 0 Å². The van der Waals surface area contributed by atoms with E-state index in [0.717, 1.165) is 0 Å². The lowest BCUT2D eigenvalue weighted by Gasteiger charge is -2.06. The lowest BCUT2D eigenvalue weighted by molar-refractivity contribution is 0.377. The summed E-state index contributed by atoms with van der Waals surface area (Å²) in [5.74, 6) is 0.535. The summed E-state index contributed by atoms with van der Waals surface area (Å²) >= 11 is 4.64. The number of benzene rings is 1. The van der Waals surface area contributed by atoms with Gasteiger partial charge >= 0.3 is 0 Å². The maximum Gasteiger partial charge on any atom is 0.296 e. The number of hydrogen-bond donors (Lipinski definition) is 3. The summed E-state index contributed by atoms with van der Waals surface area (Å²) in [6, 6.07) is 6.18. The Morgan fingerprint density at radius 2 is 1.94 bits per heavy atom. The predicted octanol–water partition coefficient (Wildman–Crippen LogP) is -0.0331. The summed E-state index contributed by atoms with van der Waals surface area (Å²) in [7, 11) is -3.75. The predicted molar refractivity (Wildman–Crippen MR) is 65.5 cm³/mol. The van der Waals surface area contributed by atoms with Crippen LogP contribution in [0, 0.1) is 0 Å². The van der Waals surface area contributed by atoms with Crippen molar-refractivity contribution in [3.05, 3.63) is 24.3 Å². The molecule has 0 radical (unpaired) electrons. The summed E-state index contributed by atoms with van der Waals surface area (Å²) in [5, 5.41) is 4.80. The highest BCUT2D eigenvalue weighted by molar-refractivity contribution is 7.90. The first-order valence-corrected chi connectivity index (χ1v) is 6.14. The quantitative estimate of drug-likeness (QED) is 0.645. The summed E-state index contributed by atoms with van der Waals surface area (Å²) in [4.78, 5) is 0.242. The Labute approximate surface area is 98.8 Å². The van der Waals surface area contributed by atoms with E-state index in [1.54, 1.807) is 12.1 Å². The van der Waals surface area contributed by atoms with Gasteiger partial charge in [0.15, 0.2) is 0 Å². The van der Waals surface area contributed by atoms with Gasteiger partial charge in [0, 0.05) is 5.69 Å². The average Bonchev–Trinajstić information content (AvgIpc) is 2.14. The van der Waals surface area contributed by atoms with Crippen molar-refractivity contribution in [2.24, 2.45) is 10.9 Å². The molecule has 0 fully saturated rings. The second-order valence-electron chi connectivity index (χ2n) is 2.93. The highest BCUT2D eigenvalue weighted by atomic mass is 32.2. The van der Waals surface area contributed by atoms with Crippen molar-refractivity contribution in [1.29, 1.82) is 0 Å². The fraction of sp³-hybridized carbons (Fsp3) is 0.125. The van der Waals surface area contributed by atoms with Crippen molar-refractivity contribution in [2.75, 3.05) is 11.3 Å². The zero-order chi connectivity index (χ0) is 12.2. The minimum atomic E-state index is -3.75. The third-order valence-electron chi connectivity index (χ3n) is 1.50. The molecular weight excluding hydrogens is 250 g/mol. The van der Waals surface area contributed by atoms with Gasteiger partial charge in [0.2, 0.25) is 0 Å². The van der Waals surface area contributed by atoms with Gasteiger partial charge in [-0.25, -0.2) is 5.14 Å². The molecule has 8 heteroatoms. The van der Waals surface area contributed by atoms with Gasteiger partial charge in [-0.1, -0.05) is 12.2 Å². The molecular formula is C8H11N3O3S2. The van der Waals surface area contributed by atoms with Gasteiger partial charge in [0.25, 0.3) is 10.2 Å². The molecule has 0 saturated carbocycles. The van der Waals surface area contributed by atoms with Crippen molar-refractivity contribution >= 4 is 33.1 Å². The summed E-state index contributed by atoms with van der Waals surface area (Å²) < 4.78 is 28.7. The van der Waals surface area contributed by atoms with E-state index in [4.69, 9.17) is 15.6 Å². The van der Waals surface area contributed by atoms with Gasteiger partial charge in [0.1, 0.15) is 17.3 Å². The molecule has 1 aromatic carbocycles. The third-order valence-corrected chi connectivity index (χ3v) is 2.13. The fourth-order valence-electron chi connectivity index (χ4n) is 0.938. The van der Waals surface area contributed by atoms with Crippen LogP contribution < -0.4 is 20.3 Å². The van der Waals surface area contributed by atoms with Gasteiger partial charge in [-0.2, -0.15) is 8.42 Å². The first kappa shape index (κ1) is 12.7. The number of ether oxygens (including phenoxy) is 1. The molecule has 0 unspecified atom stereocenters. The molecule has 0 aliphatic heterocycles. The monoisotopic (exact) mass is 261 g/mol. The molecule has 0 atom stereocenters. The Morgan fingerprint density at radius 1 is 1.38 bits per heavy atom. The Bertz CT molecular complexity index is 470. The topological polar surface area (TPSA) is 107 Å². The Balaban J connectivity index is 2.64. The van der Waals surface area contributed by atoms with E-state index in [1.807, 2.05) is 0 Å². The fourth-order valence-corrected chi connectivity index (χ4v) is 1.46. The van der Waals surface area contributed by atoms with Crippen LogP contribution in [0.3, 0.4) is 0 Å². The van der Waals surface area contributed by atoms with Crippen LogP contribution in [-0.4, -0.2) is 20.0 Å². The zero-order valence-electron chi connectivity index (χ0n) is 8.21. The summed E-state index contributed by atoms with van der Waals surface area (Å²) in [5.41, 5.74) is 5.60. The zero-order valence-corrected chi connectivity index (χ0v) is 9.85. The molecule has 0 saturated heterocycles. The van der Waals surface area contributed by atoms with E-state index < -0.39 is 10.2 Å². The number of nitrogens with one attached hydrogen (secondary N) is 1.